The third-order valence-electron chi connectivity index (χ3n) is 5.24. The normalized spacial score (nSPS) is 13.9. The number of aromatic nitrogens is 5. The minimum atomic E-state index is -0.109. The van der Waals surface area contributed by atoms with Crippen molar-refractivity contribution < 1.29 is 4.79 Å². The molecular weight excluding hydrogens is 354 g/mol. The molecule has 1 atom stereocenters. The van der Waals surface area contributed by atoms with Crippen LogP contribution in [0.4, 0.5) is 4.79 Å². The zero-order valence-electron chi connectivity index (χ0n) is 16.0. The van der Waals surface area contributed by atoms with Crippen molar-refractivity contribution in [3.05, 3.63) is 65.5 Å². The van der Waals surface area contributed by atoms with Gasteiger partial charge >= 0.3 is 6.03 Å². The van der Waals surface area contributed by atoms with Gasteiger partial charge in [-0.15, -0.1) is 0 Å². The number of benzene rings is 1. The van der Waals surface area contributed by atoms with Crippen LogP contribution in [0.1, 0.15) is 41.4 Å². The van der Waals surface area contributed by atoms with E-state index in [1.54, 1.807) is 15.9 Å². The highest BCUT2D eigenvalue weighted by atomic mass is 16.2. The Balaban J connectivity index is 1.42. The molecule has 1 aliphatic carbocycles. The van der Waals surface area contributed by atoms with Crippen molar-refractivity contribution in [3.8, 4) is 0 Å². The van der Waals surface area contributed by atoms with E-state index in [0.29, 0.717) is 13.1 Å². The lowest BCUT2D eigenvalue weighted by molar-refractivity contribution is 0.200. The molecule has 1 aromatic carbocycles. The van der Waals surface area contributed by atoms with Crippen molar-refractivity contribution in [3.63, 3.8) is 0 Å². The third-order valence-corrected chi connectivity index (χ3v) is 5.24. The minimum absolute atomic E-state index is 0.106. The monoisotopic (exact) mass is 379 g/mol. The molecule has 2 heterocycles. The number of fused-ring (bicyclic) bond motifs is 1. The molecule has 1 unspecified atom stereocenters. The lowest BCUT2D eigenvalue weighted by Gasteiger charge is -2.24. The molecule has 1 aliphatic rings. The van der Waals surface area contributed by atoms with E-state index >= 15 is 0 Å². The summed E-state index contributed by atoms with van der Waals surface area (Å²) in [5.74, 6) is 0. The van der Waals surface area contributed by atoms with Crippen LogP contribution in [0.25, 0.3) is 0 Å². The van der Waals surface area contributed by atoms with Gasteiger partial charge in [-0.3, -0.25) is 9.78 Å². The van der Waals surface area contributed by atoms with Gasteiger partial charge in [-0.05, 0) is 36.8 Å². The highest BCUT2D eigenvalue weighted by molar-refractivity contribution is 5.74. The second-order valence-electron chi connectivity index (χ2n) is 7.20. The van der Waals surface area contributed by atoms with Gasteiger partial charge in [0.2, 0.25) is 0 Å². The van der Waals surface area contributed by atoms with Gasteiger partial charge in [0.1, 0.15) is 12.7 Å². The van der Waals surface area contributed by atoms with Crippen LogP contribution in [0.3, 0.4) is 0 Å². The van der Waals surface area contributed by atoms with Crippen molar-refractivity contribution in [2.24, 2.45) is 0 Å². The van der Waals surface area contributed by atoms with Crippen LogP contribution in [-0.4, -0.2) is 42.9 Å². The Morgan fingerprint density at radius 1 is 1.32 bits per heavy atom. The SMILES string of the molecule is CN(Cc1n[nH]c2c1CCC2)C(=O)NC(CCn1cncn1)c1ccccc1. The number of carbonyl (C=O) groups excluding carboxylic acids is 1. The number of rotatable bonds is 7. The Bertz CT molecular complexity index is 904. The first kappa shape index (κ1) is 18.2. The van der Waals surface area contributed by atoms with Crippen LogP contribution in [0.15, 0.2) is 43.0 Å². The second-order valence-corrected chi connectivity index (χ2v) is 7.20. The van der Waals surface area contributed by atoms with E-state index in [9.17, 15) is 4.79 Å². The van der Waals surface area contributed by atoms with Crippen LogP contribution in [-0.2, 0) is 25.9 Å². The average molecular weight is 379 g/mol. The Hall–Kier alpha value is -3.16. The fraction of sp³-hybridized carbons (Fsp3) is 0.400. The number of nitrogens with one attached hydrogen (secondary N) is 2. The van der Waals surface area contributed by atoms with Crippen LogP contribution >= 0.6 is 0 Å². The Morgan fingerprint density at radius 2 is 2.18 bits per heavy atom. The van der Waals surface area contributed by atoms with Crippen LogP contribution in [0, 0.1) is 0 Å². The fourth-order valence-corrected chi connectivity index (χ4v) is 3.69. The predicted octanol–water partition coefficient (Wildman–Crippen LogP) is 2.46. The number of aryl methyl sites for hydroxylation is 2. The van der Waals surface area contributed by atoms with Crippen LogP contribution < -0.4 is 5.32 Å². The first-order valence-corrected chi connectivity index (χ1v) is 9.64. The molecule has 0 saturated heterocycles. The summed E-state index contributed by atoms with van der Waals surface area (Å²) in [6.07, 6.45) is 7.19. The van der Waals surface area contributed by atoms with Crippen LogP contribution in [0.5, 0.6) is 0 Å². The molecule has 0 aliphatic heterocycles. The van der Waals surface area contributed by atoms with Gasteiger partial charge in [-0.1, -0.05) is 30.3 Å². The highest BCUT2D eigenvalue weighted by Gasteiger charge is 2.22. The van der Waals surface area contributed by atoms with E-state index in [1.807, 2.05) is 37.4 Å². The summed E-state index contributed by atoms with van der Waals surface area (Å²) in [5.41, 5.74) is 4.55. The van der Waals surface area contributed by atoms with Crippen molar-refractivity contribution in [2.75, 3.05) is 7.05 Å². The summed E-state index contributed by atoms with van der Waals surface area (Å²) in [7, 11) is 1.81. The third kappa shape index (κ3) is 4.05. The molecule has 0 spiro atoms. The molecule has 28 heavy (non-hydrogen) atoms. The van der Waals surface area contributed by atoms with Crippen molar-refractivity contribution in [1.82, 2.24) is 35.2 Å². The molecule has 3 aromatic rings. The molecule has 2 aromatic heterocycles. The molecule has 0 radical (unpaired) electrons. The predicted molar refractivity (Wildman–Crippen MR) is 104 cm³/mol. The highest BCUT2D eigenvalue weighted by Crippen LogP contribution is 2.24. The van der Waals surface area contributed by atoms with Gasteiger partial charge in [0.25, 0.3) is 0 Å². The zero-order chi connectivity index (χ0) is 19.3. The Kier molecular flexibility index (Phi) is 5.36. The quantitative estimate of drug-likeness (QED) is 0.660. The van der Waals surface area contributed by atoms with Gasteiger partial charge in [0, 0.05) is 19.3 Å². The molecule has 0 bridgehead atoms. The summed E-state index contributed by atoms with van der Waals surface area (Å²) in [6.45, 7) is 1.18. The Morgan fingerprint density at radius 3 is 2.96 bits per heavy atom. The number of nitrogens with zero attached hydrogens (tertiary/aromatic N) is 5. The minimum Gasteiger partial charge on any atom is -0.331 e. The number of hydrogen-bond donors (Lipinski definition) is 2. The molecular formula is C20H25N7O. The average Bonchev–Trinajstić information content (AvgIpc) is 3.45. The summed E-state index contributed by atoms with van der Waals surface area (Å²) in [4.78, 5) is 18.5. The molecule has 0 fully saturated rings. The number of amides is 2. The molecule has 146 valence electrons. The molecule has 8 nitrogen and oxygen atoms in total. The Labute approximate surface area is 164 Å². The molecule has 0 saturated carbocycles. The van der Waals surface area contributed by atoms with E-state index in [4.69, 9.17) is 0 Å². The van der Waals surface area contributed by atoms with Crippen LogP contribution in [0.2, 0.25) is 0 Å². The van der Waals surface area contributed by atoms with E-state index < -0.39 is 0 Å². The number of urea groups is 1. The molecule has 2 amide bonds. The number of H-pyrrole nitrogens is 1. The zero-order valence-corrected chi connectivity index (χ0v) is 16.0. The summed E-state index contributed by atoms with van der Waals surface area (Å²) in [5, 5.41) is 14.8. The molecule has 2 N–H and O–H groups in total. The number of carbonyl (C=O) groups is 1. The van der Waals surface area contributed by atoms with Crippen molar-refractivity contribution in [2.45, 2.75) is 44.8 Å². The standard InChI is InChI=1S/C20H25N7O/c1-26(12-19-16-8-5-9-18(16)24-25-19)20(28)23-17(15-6-3-2-4-7-15)10-11-27-14-21-13-22-27/h2-4,6-7,13-14,17H,5,8-12H2,1H3,(H,23,28)(H,24,25). The maximum Gasteiger partial charge on any atom is 0.317 e. The van der Waals surface area contributed by atoms with Gasteiger partial charge in [0.15, 0.2) is 0 Å². The van der Waals surface area contributed by atoms with E-state index in [-0.39, 0.29) is 12.1 Å². The summed E-state index contributed by atoms with van der Waals surface area (Å²) >= 11 is 0. The maximum atomic E-state index is 12.9. The summed E-state index contributed by atoms with van der Waals surface area (Å²) < 4.78 is 1.78. The smallest absolute Gasteiger partial charge is 0.317 e. The first-order valence-electron chi connectivity index (χ1n) is 9.64. The number of aromatic amines is 1. The second kappa shape index (κ2) is 8.24. The van der Waals surface area contributed by atoms with Gasteiger partial charge in [0.05, 0.1) is 18.3 Å². The number of hydrogen-bond acceptors (Lipinski definition) is 4. The van der Waals surface area contributed by atoms with E-state index in [0.717, 1.165) is 36.9 Å². The lowest BCUT2D eigenvalue weighted by Crippen LogP contribution is -2.39. The van der Waals surface area contributed by atoms with Crippen molar-refractivity contribution in [1.29, 1.82) is 0 Å². The maximum absolute atomic E-state index is 12.9. The fourth-order valence-electron chi connectivity index (χ4n) is 3.69. The van der Waals surface area contributed by atoms with E-state index in [2.05, 4.69) is 25.6 Å². The topological polar surface area (TPSA) is 91.7 Å². The molecule has 8 heteroatoms. The van der Waals surface area contributed by atoms with Gasteiger partial charge in [-0.25, -0.2) is 9.78 Å². The van der Waals surface area contributed by atoms with E-state index in [1.165, 1.54) is 17.6 Å². The first-order chi connectivity index (χ1) is 13.7. The largest absolute Gasteiger partial charge is 0.331 e. The lowest BCUT2D eigenvalue weighted by atomic mass is 10.0. The van der Waals surface area contributed by atoms with Crippen molar-refractivity contribution >= 4 is 6.03 Å². The molecule has 4 rings (SSSR count). The van der Waals surface area contributed by atoms with Gasteiger partial charge < -0.3 is 10.2 Å². The summed E-state index contributed by atoms with van der Waals surface area (Å²) in [6, 6.07) is 9.80. The van der Waals surface area contributed by atoms with Gasteiger partial charge in [-0.2, -0.15) is 10.2 Å².